The van der Waals surface area contributed by atoms with Crippen LogP contribution >= 0.6 is 0 Å². The fourth-order valence-corrected chi connectivity index (χ4v) is 6.93. The minimum absolute atomic E-state index is 0.00187. The highest BCUT2D eigenvalue weighted by molar-refractivity contribution is 7.86. The summed E-state index contributed by atoms with van der Waals surface area (Å²) in [4.78, 5) is -1.75. The second-order valence-corrected chi connectivity index (χ2v) is 14.5. The lowest BCUT2D eigenvalue weighted by Gasteiger charge is -2.10. The first-order chi connectivity index (χ1) is 22.5. The lowest BCUT2D eigenvalue weighted by atomic mass is 10.1. The van der Waals surface area contributed by atoms with Crippen molar-refractivity contribution in [2.45, 2.75) is 14.7 Å². The minimum atomic E-state index is -4.86. The number of anilines is 1. The first-order valence-electron chi connectivity index (χ1n) is 13.4. The molecule has 0 saturated heterocycles. The third-order valence-corrected chi connectivity index (χ3v) is 9.88. The van der Waals surface area contributed by atoms with Gasteiger partial charge in [-0.15, -0.1) is 20.5 Å². The molecule has 0 aliphatic rings. The molecule has 0 bridgehead atoms. The van der Waals surface area contributed by atoms with Gasteiger partial charge in [0.25, 0.3) is 30.4 Å². The summed E-state index contributed by atoms with van der Waals surface area (Å²) in [6.07, 6.45) is 0. The largest absolute Gasteiger partial charge is 0.505 e. The van der Waals surface area contributed by atoms with Gasteiger partial charge >= 0.3 is 0 Å². The Morgan fingerprint density at radius 1 is 0.500 bits per heavy atom. The van der Waals surface area contributed by atoms with Crippen LogP contribution in [0.15, 0.2) is 126 Å². The molecule has 6 N–H and O–H groups in total. The fourth-order valence-electron chi connectivity index (χ4n) is 5.07. The highest BCUT2D eigenvalue weighted by Gasteiger charge is 2.23. The maximum atomic E-state index is 12.2. The van der Waals surface area contributed by atoms with Crippen LogP contribution in [-0.4, -0.2) is 44.0 Å². The van der Waals surface area contributed by atoms with Crippen molar-refractivity contribution in [2.24, 2.45) is 20.5 Å². The molecule has 6 aromatic rings. The highest BCUT2D eigenvalue weighted by atomic mass is 32.2. The summed E-state index contributed by atoms with van der Waals surface area (Å²) in [5.74, 6) is -0.553. The first-order valence-corrected chi connectivity index (χ1v) is 17.7. The summed E-state index contributed by atoms with van der Waals surface area (Å²) < 4.78 is 101. The van der Waals surface area contributed by atoms with Gasteiger partial charge in [0, 0.05) is 32.6 Å². The number of azo groups is 2. The van der Waals surface area contributed by atoms with Crippen molar-refractivity contribution in [1.82, 2.24) is 0 Å². The van der Waals surface area contributed by atoms with Crippen LogP contribution < -0.4 is 5.73 Å². The van der Waals surface area contributed by atoms with Crippen molar-refractivity contribution in [2.75, 3.05) is 5.73 Å². The van der Waals surface area contributed by atoms with Crippen LogP contribution in [0.4, 0.5) is 28.4 Å². The summed E-state index contributed by atoms with van der Waals surface area (Å²) >= 11 is 0. The van der Waals surface area contributed by atoms with Gasteiger partial charge in [-0.1, -0.05) is 30.3 Å². The summed E-state index contributed by atoms with van der Waals surface area (Å²) in [7, 11) is -14.3. The van der Waals surface area contributed by atoms with Crippen molar-refractivity contribution in [3.8, 4) is 5.75 Å². The third-order valence-electron chi connectivity index (χ3n) is 7.25. The SMILES string of the molecule is Nc1ccc2c(O)c(N=Nc3ccc(N=Nc4ccc(S(=O)(=O)O)c5ccc(S(=O)(=O)O)cc45)c4ccccc34)c(S(=O)(=O)O)cc2c1. The number of nitrogens with two attached hydrogens (primary N) is 1. The van der Waals surface area contributed by atoms with Crippen LogP contribution in [0.1, 0.15) is 0 Å². The van der Waals surface area contributed by atoms with E-state index in [0.29, 0.717) is 16.5 Å². The molecule has 0 radical (unpaired) electrons. The van der Waals surface area contributed by atoms with E-state index >= 15 is 0 Å². The van der Waals surface area contributed by atoms with Gasteiger partial charge in [0.2, 0.25) is 0 Å². The maximum absolute atomic E-state index is 12.2. The quantitative estimate of drug-likeness (QED) is 0.0640. The summed E-state index contributed by atoms with van der Waals surface area (Å²) in [5, 5.41) is 28.8. The number of rotatable bonds is 7. The molecule has 0 unspecified atom stereocenters. The van der Waals surface area contributed by atoms with Crippen LogP contribution in [0.3, 0.4) is 0 Å². The lowest BCUT2D eigenvalue weighted by molar-refractivity contribution is 0.472. The predicted molar refractivity (Wildman–Crippen MR) is 176 cm³/mol. The zero-order valence-electron chi connectivity index (χ0n) is 24.0. The van der Waals surface area contributed by atoms with E-state index in [-0.39, 0.29) is 38.6 Å². The van der Waals surface area contributed by atoms with Crippen molar-refractivity contribution < 1.29 is 44.0 Å². The number of nitrogen functional groups attached to an aromatic ring is 1. The average Bonchev–Trinajstić information content (AvgIpc) is 3.01. The summed E-state index contributed by atoms with van der Waals surface area (Å²) in [5.41, 5.74) is 6.06. The maximum Gasteiger partial charge on any atom is 0.296 e. The van der Waals surface area contributed by atoms with Gasteiger partial charge in [-0.2, -0.15) is 25.3 Å². The molecule has 0 amide bonds. The molecule has 0 aliphatic carbocycles. The van der Waals surface area contributed by atoms with Gasteiger partial charge in [-0.25, -0.2) is 0 Å². The molecule has 15 nitrogen and oxygen atoms in total. The zero-order valence-corrected chi connectivity index (χ0v) is 26.4. The molecule has 18 heteroatoms. The Balaban J connectivity index is 1.46. The van der Waals surface area contributed by atoms with Gasteiger partial charge in [-0.05, 0) is 66.0 Å². The predicted octanol–water partition coefficient (Wildman–Crippen LogP) is 7.00. The summed E-state index contributed by atoms with van der Waals surface area (Å²) in [6.45, 7) is 0. The molecule has 6 aromatic carbocycles. The standard InChI is InChI=1S/C30H21N5O10S3/c31-17-5-7-19-16(13-17)14-28(48(43,44)45)29(30(19)36)35-34-25-10-9-24(20-3-1-2-4-21(20)25)32-33-26-11-12-27(47(40,41)42)22-8-6-18(15-23(22)26)46(37,38)39/h1-15,36H,31H2,(H,37,38,39)(H,40,41,42)(H,43,44,45). The summed E-state index contributed by atoms with van der Waals surface area (Å²) in [6, 6.07) is 20.5. The Labute approximate surface area is 272 Å². The van der Waals surface area contributed by atoms with Crippen molar-refractivity contribution in [3.05, 3.63) is 91.0 Å². The molecular weight excluding hydrogens is 687 g/mol. The monoisotopic (exact) mass is 707 g/mol. The van der Waals surface area contributed by atoms with Gasteiger partial charge in [0.15, 0.2) is 5.75 Å². The lowest BCUT2D eigenvalue weighted by Crippen LogP contribution is -2.01. The molecule has 0 saturated carbocycles. The number of hydrogen-bond acceptors (Lipinski definition) is 12. The molecule has 0 atom stereocenters. The Kier molecular flexibility index (Phi) is 7.94. The smallest absolute Gasteiger partial charge is 0.296 e. The average molecular weight is 708 g/mol. The van der Waals surface area contributed by atoms with Crippen molar-refractivity contribution in [1.29, 1.82) is 0 Å². The van der Waals surface area contributed by atoms with Crippen LogP contribution in [-0.2, 0) is 30.4 Å². The number of nitrogens with zero attached hydrogens (tertiary/aromatic N) is 4. The van der Waals surface area contributed by atoms with E-state index in [0.717, 1.165) is 30.3 Å². The van der Waals surface area contributed by atoms with Crippen LogP contribution in [0.25, 0.3) is 32.3 Å². The number of fused-ring (bicyclic) bond motifs is 3. The molecule has 6 rings (SSSR count). The molecule has 0 aromatic heterocycles. The Morgan fingerprint density at radius 2 is 1.04 bits per heavy atom. The Hall–Kier alpha value is -5.37. The van der Waals surface area contributed by atoms with Gasteiger partial charge in [0.05, 0.1) is 22.0 Å². The number of phenols is 1. The zero-order chi connectivity index (χ0) is 34.6. The molecule has 244 valence electrons. The topological polar surface area (TPSA) is 259 Å². The van der Waals surface area contributed by atoms with Gasteiger partial charge in [0.1, 0.15) is 15.5 Å². The fraction of sp³-hybridized carbons (Fsp3) is 0. The normalized spacial score (nSPS) is 13.0. The minimum Gasteiger partial charge on any atom is -0.505 e. The second kappa shape index (κ2) is 11.7. The third kappa shape index (κ3) is 6.18. The number of phenolic OH excluding ortho intramolecular Hbond substituents is 1. The van der Waals surface area contributed by atoms with E-state index < -0.39 is 56.5 Å². The molecule has 0 heterocycles. The van der Waals surface area contributed by atoms with E-state index in [1.54, 1.807) is 24.3 Å². The van der Waals surface area contributed by atoms with Crippen LogP contribution in [0, 0.1) is 0 Å². The molecule has 0 spiro atoms. The van der Waals surface area contributed by atoms with E-state index in [9.17, 15) is 44.0 Å². The highest BCUT2D eigenvalue weighted by Crippen LogP contribution is 2.43. The van der Waals surface area contributed by atoms with Gasteiger partial charge < -0.3 is 10.8 Å². The Morgan fingerprint density at radius 3 is 1.62 bits per heavy atom. The molecule has 0 fully saturated rings. The van der Waals surface area contributed by atoms with E-state index in [1.807, 2.05) is 0 Å². The number of aromatic hydroxyl groups is 1. The van der Waals surface area contributed by atoms with Crippen molar-refractivity contribution in [3.63, 3.8) is 0 Å². The van der Waals surface area contributed by atoms with Gasteiger partial charge in [-0.3, -0.25) is 13.7 Å². The van der Waals surface area contributed by atoms with E-state index in [4.69, 9.17) is 5.73 Å². The van der Waals surface area contributed by atoms with Crippen LogP contribution in [0.5, 0.6) is 5.75 Å². The Bertz CT molecular complexity index is 2730. The molecule has 48 heavy (non-hydrogen) atoms. The second-order valence-electron chi connectivity index (χ2n) is 10.3. The van der Waals surface area contributed by atoms with Crippen molar-refractivity contribution >= 4 is 91.1 Å². The number of benzene rings is 6. The van der Waals surface area contributed by atoms with E-state index in [1.165, 1.54) is 36.4 Å². The number of hydrogen-bond donors (Lipinski definition) is 5. The molecular formula is C30H21N5O10S3. The van der Waals surface area contributed by atoms with E-state index in [2.05, 4.69) is 20.5 Å². The first kappa shape index (κ1) is 32.6. The van der Waals surface area contributed by atoms with Crippen LogP contribution in [0.2, 0.25) is 0 Å². The molecule has 0 aliphatic heterocycles.